The summed E-state index contributed by atoms with van der Waals surface area (Å²) in [6.45, 7) is 0. The van der Waals surface area contributed by atoms with Crippen LogP contribution in [-0.4, -0.2) is 17.5 Å². The maximum absolute atomic E-state index is 11.2. The van der Waals surface area contributed by atoms with Crippen LogP contribution < -0.4 is 21.0 Å². The van der Waals surface area contributed by atoms with Crippen LogP contribution >= 0.6 is 7.55 Å². The topological polar surface area (TPSA) is 51.2 Å². The Morgan fingerprint density at radius 1 is 0.789 bits per heavy atom. The summed E-state index contributed by atoms with van der Waals surface area (Å²) in [6, 6.07) is 13.8. The van der Waals surface area contributed by atoms with Crippen molar-refractivity contribution in [1.82, 2.24) is 0 Å². The van der Waals surface area contributed by atoms with Crippen molar-refractivity contribution in [2.75, 3.05) is 0 Å². The van der Waals surface area contributed by atoms with E-state index < -0.39 is 7.55 Å². The van der Waals surface area contributed by atoms with Gasteiger partial charge in [-0.2, -0.15) is 4.79 Å². The van der Waals surface area contributed by atoms with Gasteiger partial charge >= 0.3 is 5.66 Å². The number of hydrogen-bond acceptors (Lipinski definition) is 3. The zero-order chi connectivity index (χ0) is 13.7. The molecular formula is C15H8O3P+. The first-order valence-electron chi connectivity index (χ1n) is 5.44. The van der Waals surface area contributed by atoms with Crippen molar-refractivity contribution < 1.29 is 14.4 Å². The Bertz CT molecular complexity index is 823. The first-order valence-corrected chi connectivity index (χ1v) is 6.78. The van der Waals surface area contributed by atoms with E-state index >= 15 is 0 Å². The van der Waals surface area contributed by atoms with Crippen LogP contribution in [0.15, 0.2) is 48.5 Å². The van der Waals surface area contributed by atoms with Crippen LogP contribution in [0.5, 0.6) is 0 Å². The number of hydrogen-bond donors (Lipinski definition) is 0. The SMILES string of the molecule is O=C=c1cccc([P+](=C=O)c2ccccc2)c1=C=O. The van der Waals surface area contributed by atoms with Crippen LogP contribution in [0.2, 0.25) is 0 Å². The van der Waals surface area contributed by atoms with Crippen molar-refractivity contribution >= 4 is 35.7 Å². The number of benzene rings is 2. The summed E-state index contributed by atoms with van der Waals surface area (Å²) in [5, 5.41) is 1.46. The van der Waals surface area contributed by atoms with E-state index in [4.69, 9.17) is 0 Å². The molecule has 0 N–H and O–H groups in total. The molecule has 0 heterocycles. The van der Waals surface area contributed by atoms with E-state index in [0.717, 1.165) is 5.30 Å². The molecule has 90 valence electrons. The maximum Gasteiger partial charge on any atom is 0.343 e. The summed E-state index contributed by atoms with van der Waals surface area (Å²) < 4.78 is 0. The first-order chi connectivity index (χ1) is 9.31. The second-order valence-electron chi connectivity index (χ2n) is 3.67. The zero-order valence-electron chi connectivity index (χ0n) is 9.79. The Morgan fingerprint density at radius 3 is 2.11 bits per heavy atom. The second-order valence-corrected chi connectivity index (χ2v) is 5.52. The maximum atomic E-state index is 11.2. The van der Waals surface area contributed by atoms with Crippen LogP contribution in [0.3, 0.4) is 0 Å². The summed E-state index contributed by atoms with van der Waals surface area (Å²) in [6.07, 6.45) is 0. The molecule has 0 fully saturated rings. The van der Waals surface area contributed by atoms with Crippen molar-refractivity contribution in [3.63, 3.8) is 0 Å². The Labute approximate surface area is 109 Å². The van der Waals surface area contributed by atoms with E-state index in [9.17, 15) is 14.4 Å². The zero-order valence-corrected chi connectivity index (χ0v) is 10.7. The van der Waals surface area contributed by atoms with E-state index in [1.165, 1.54) is 6.07 Å². The third-order valence-electron chi connectivity index (χ3n) is 2.60. The first kappa shape index (κ1) is 12.9. The minimum absolute atomic E-state index is 0.0933. The van der Waals surface area contributed by atoms with Crippen LogP contribution in [-0.2, 0) is 14.4 Å². The van der Waals surface area contributed by atoms with Gasteiger partial charge in [-0.05, 0) is 24.3 Å². The van der Waals surface area contributed by atoms with Gasteiger partial charge in [0.1, 0.15) is 17.1 Å². The summed E-state index contributed by atoms with van der Waals surface area (Å²) in [5.41, 5.74) is 1.97. The predicted molar refractivity (Wildman–Crippen MR) is 73.6 cm³/mol. The summed E-state index contributed by atoms with van der Waals surface area (Å²) >= 11 is 0. The van der Waals surface area contributed by atoms with E-state index in [1.807, 2.05) is 23.9 Å². The highest BCUT2D eigenvalue weighted by Crippen LogP contribution is 2.16. The molecule has 0 saturated carbocycles. The number of rotatable bonds is 2. The van der Waals surface area contributed by atoms with Crippen molar-refractivity contribution in [2.45, 2.75) is 0 Å². The Morgan fingerprint density at radius 2 is 1.53 bits per heavy atom. The van der Waals surface area contributed by atoms with Crippen LogP contribution in [0.4, 0.5) is 0 Å². The average Bonchev–Trinajstić information content (AvgIpc) is 2.48. The fourth-order valence-electron chi connectivity index (χ4n) is 1.74. The van der Waals surface area contributed by atoms with Crippen molar-refractivity contribution in [1.29, 1.82) is 0 Å². The van der Waals surface area contributed by atoms with Crippen LogP contribution in [0, 0.1) is 0 Å². The van der Waals surface area contributed by atoms with E-state index in [2.05, 4.69) is 0 Å². The molecular weight excluding hydrogens is 259 g/mol. The lowest BCUT2D eigenvalue weighted by Crippen LogP contribution is -2.39. The lowest BCUT2D eigenvalue weighted by molar-refractivity contribution is 0.564. The van der Waals surface area contributed by atoms with Gasteiger partial charge in [-0.15, -0.1) is 0 Å². The fourth-order valence-corrected chi connectivity index (χ4v) is 3.31. The highest BCUT2D eigenvalue weighted by molar-refractivity contribution is 7.71. The average molecular weight is 267 g/mol. The molecule has 0 aliphatic rings. The minimum atomic E-state index is -1.44. The van der Waals surface area contributed by atoms with Crippen molar-refractivity contribution in [2.24, 2.45) is 0 Å². The molecule has 0 aliphatic heterocycles. The molecule has 2 aromatic carbocycles. The molecule has 2 rings (SSSR count). The van der Waals surface area contributed by atoms with Gasteiger partial charge in [0.2, 0.25) is 0 Å². The van der Waals surface area contributed by atoms with Gasteiger partial charge in [0.25, 0.3) is 7.55 Å². The van der Waals surface area contributed by atoms with E-state index in [0.29, 0.717) is 5.30 Å². The third-order valence-corrected chi connectivity index (χ3v) is 4.45. The molecule has 0 aromatic heterocycles. The van der Waals surface area contributed by atoms with Gasteiger partial charge < -0.3 is 0 Å². The molecule has 2 aromatic rings. The lowest BCUT2D eigenvalue weighted by Gasteiger charge is -1.92. The van der Waals surface area contributed by atoms with Gasteiger partial charge in [0.15, 0.2) is 10.6 Å². The smallest absolute Gasteiger partial charge is 0.233 e. The highest BCUT2D eigenvalue weighted by atomic mass is 31.1. The molecule has 0 bridgehead atoms. The van der Waals surface area contributed by atoms with Crippen molar-refractivity contribution in [3.8, 4) is 0 Å². The summed E-state index contributed by atoms with van der Waals surface area (Å²) in [4.78, 5) is 33.1. The number of carbonyl (C=O) groups excluding carboxylic acids is 3. The minimum Gasteiger partial charge on any atom is -0.233 e. The standard InChI is InChI=1S/C15H8O3P/c16-9-12-5-4-8-15(14(12)10-17)19(11-18)13-6-2-1-3-7-13/h1-8H/q+1. The van der Waals surface area contributed by atoms with E-state index in [-0.39, 0.29) is 10.4 Å². The molecule has 0 radical (unpaired) electrons. The largest absolute Gasteiger partial charge is 0.343 e. The van der Waals surface area contributed by atoms with Gasteiger partial charge in [-0.25, -0.2) is 9.59 Å². The molecule has 19 heavy (non-hydrogen) atoms. The predicted octanol–water partition coefficient (Wildman–Crippen LogP) is -0.807. The van der Waals surface area contributed by atoms with Gasteiger partial charge in [-0.1, -0.05) is 24.3 Å². The molecule has 4 heteroatoms. The van der Waals surface area contributed by atoms with Gasteiger partial charge in [0, 0.05) is 0 Å². The van der Waals surface area contributed by atoms with Crippen molar-refractivity contribution in [3.05, 3.63) is 59.0 Å². The van der Waals surface area contributed by atoms with Crippen LogP contribution in [0.1, 0.15) is 0 Å². The van der Waals surface area contributed by atoms with Crippen LogP contribution in [0.25, 0.3) is 0 Å². The van der Waals surface area contributed by atoms with Gasteiger partial charge in [-0.3, -0.25) is 0 Å². The van der Waals surface area contributed by atoms with Gasteiger partial charge in [0.05, 0.1) is 5.22 Å². The molecule has 1 unspecified atom stereocenters. The monoisotopic (exact) mass is 267 g/mol. The molecule has 1 atom stereocenters. The Hall–Kier alpha value is -2.52. The fraction of sp³-hybridized carbons (Fsp3) is 0. The second kappa shape index (κ2) is 5.89. The molecule has 3 nitrogen and oxygen atoms in total. The Kier molecular flexibility index (Phi) is 4.00. The quantitative estimate of drug-likeness (QED) is 0.669. The van der Waals surface area contributed by atoms with E-state index in [1.54, 1.807) is 36.1 Å². The normalized spacial score (nSPS) is 10.0. The molecule has 0 aliphatic carbocycles. The summed E-state index contributed by atoms with van der Waals surface area (Å²) in [7, 11) is -1.44. The molecule has 0 spiro atoms. The lowest BCUT2D eigenvalue weighted by atomic mass is 10.2. The molecule has 0 amide bonds. The highest BCUT2D eigenvalue weighted by Gasteiger charge is 2.22. The molecule has 0 saturated heterocycles. The summed E-state index contributed by atoms with van der Waals surface area (Å²) in [5.74, 6) is 3.41. The third kappa shape index (κ3) is 2.51. The Balaban J connectivity index is 2.84.